The summed E-state index contributed by atoms with van der Waals surface area (Å²) in [6.45, 7) is 2.80. The monoisotopic (exact) mass is 524 g/mol. The van der Waals surface area contributed by atoms with Crippen LogP contribution in [-0.4, -0.2) is 76.1 Å². The molecule has 2 aromatic carbocycles. The normalized spacial score (nSPS) is 13.8. The van der Waals surface area contributed by atoms with Crippen LogP contribution in [0.25, 0.3) is 0 Å². The molecule has 0 saturated heterocycles. The van der Waals surface area contributed by atoms with Crippen LogP contribution in [0, 0.1) is 0 Å². The van der Waals surface area contributed by atoms with Crippen molar-refractivity contribution in [2.45, 2.75) is 24.2 Å². The van der Waals surface area contributed by atoms with Gasteiger partial charge in [-0.05, 0) is 37.1 Å². The molecule has 0 aromatic heterocycles. The first-order chi connectivity index (χ1) is 16.2. The quantitative estimate of drug-likeness (QED) is 0.455. The van der Waals surface area contributed by atoms with Crippen molar-refractivity contribution in [1.82, 2.24) is 15.1 Å². The molecule has 1 amide bonds. The second-order valence-corrected chi connectivity index (χ2v) is 11.0. The van der Waals surface area contributed by atoms with Crippen LogP contribution in [0.3, 0.4) is 0 Å². The molecule has 0 spiro atoms. The number of rotatable bonds is 11. The Morgan fingerprint density at radius 2 is 1.91 bits per heavy atom. The largest absolute Gasteiger partial charge is 0.358 e. The summed E-state index contributed by atoms with van der Waals surface area (Å²) in [6, 6.07) is 12.8. The number of nitrogens with one attached hydrogen (secondary N) is 1. The summed E-state index contributed by atoms with van der Waals surface area (Å²) in [5, 5.41) is 3.10. The molecule has 1 N–H and O–H groups in total. The first-order valence-electron chi connectivity index (χ1n) is 11.2. The Hall–Kier alpha value is -2.13. The molecule has 3 rings (SSSR count). The maximum absolute atomic E-state index is 12.5. The van der Waals surface area contributed by atoms with E-state index in [-0.39, 0.29) is 26.7 Å². The minimum atomic E-state index is -3.61. The Morgan fingerprint density at radius 1 is 1.18 bits per heavy atom. The van der Waals surface area contributed by atoms with Gasteiger partial charge in [0.15, 0.2) is 9.84 Å². The third kappa shape index (κ3) is 6.95. The summed E-state index contributed by atoms with van der Waals surface area (Å²) in [4.78, 5) is 20.8. The van der Waals surface area contributed by atoms with Gasteiger partial charge in [0.05, 0.1) is 21.5 Å². The average Bonchev–Trinajstić information content (AvgIpc) is 3.24. The Bertz CT molecular complexity index is 1140. The van der Waals surface area contributed by atoms with Gasteiger partial charge in [0.2, 0.25) is 5.91 Å². The molecule has 2 aromatic rings. The highest BCUT2D eigenvalue weighted by Gasteiger charge is 2.19. The van der Waals surface area contributed by atoms with E-state index in [0.717, 1.165) is 36.5 Å². The molecule has 0 bridgehead atoms. The van der Waals surface area contributed by atoms with E-state index in [9.17, 15) is 13.2 Å². The topological polar surface area (TPSA) is 82.1 Å². The summed E-state index contributed by atoms with van der Waals surface area (Å²) >= 11 is 11.9. The lowest BCUT2D eigenvalue weighted by molar-refractivity contribution is -0.129. The van der Waals surface area contributed by atoms with Crippen molar-refractivity contribution in [2.24, 2.45) is 4.99 Å². The van der Waals surface area contributed by atoms with Gasteiger partial charge in [-0.2, -0.15) is 0 Å². The van der Waals surface area contributed by atoms with Gasteiger partial charge in [-0.3, -0.25) is 9.79 Å². The van der Waals surface area contributed by atoms with Gasteiger partial charge in [-0.15, -0.1) is 0 Å². The average molecular weight is 526 g/mol. The summed E-state index contributed by atoms with van der Waals surface area (Å²) in [5.41, 5.74) is 2.27. The zero-order chi connectivity index (χ0) is 24.7. The Morgan fingerprint density at radius 3 is 2.59 bits per heavy atom. The molecule has 10 heteroatoms. The van der Waals surface area contributed by atoms with E-state index in [4.69, 9.17) is 23.2 Å². The van der Waals surface area contributed by atoms with Crippen LogP contribution in [-0.2, 0) is 21.1 Å². The maximum atomic E-state index is 12.5. The predicted octanol–water partition coefficient (Wildman–Crippen LogP) is 3.49. The van der Waals surface area contributed by atoms with Crippen molar-refractivity contribution in [3.05, 3.63) is 63.6 Å². The molecular weight excluding hydrogens is 495 g/mol. The van der Waals surface area contributed by atoms with Gasteiger partial charge < -0.3 is 15.1 Å². The molecule has 184 valence electrons. The molecular formula is C24H30Cl2N4O3S. The molecule has 1 heterocycles. The lowest BCUT2D eigenvalue weighted by atomic mass is 10.1. The van der Waals surface area contributed by atoms with Crippen molar-refractivity contribution in [3.8, 4) is 0 Å². The number of halogens is 2. The second-order valence-electron chi connectivity index (χ2n) is 8.30. The number of amidine groups is 1. The molecule has 0 radical (unpaired) electrons. The van der Waals surface area contributed by atoms with Gasteiger partial charge in [0.1, 0.15) is 11.7 Å². The molecule has 0 fully saturated rings. The van der Waals surface area contributed by atoms with Crippen molar-refractivity contribution in [3.63, 3.8) is 0 Å². The SMILES string of the molecule is CN(CCc1ccc(C2=NCCN2C)cc1)C(=O)CCCNCS(=O)(=O)c1cccc(Cl)c1Cl. The number of sulfone groups is 1. The number of amides is 1. The number of benzene rings is 2. The van der Waals surface area contributed by atoms with Crippen LogP contribution in [0.15, 0.2) is 52.4 Å². The van der Waals surface area contributed by atoms with Gasteiger partial charge in [-0.1, -0.05) is 53.5 Å². The number of hydrogen-bond acceptors (Lipinski definition) is 6. The lowest BCUT2D eigenvalue weighted by Gasteiger charge is -2.18. The molecule has 7 nitrogen and oxygen atoms in total. The number of carbonyl (C=O) groups excluding carboxylic acids is 1. The fraction of sp³-hybridized carbons (Fsp3) is 0.417. The molecule has 0 unspecified atom stereocenters. The summed E-state index contributed by atoms with van der Waals surface area (Å²) in [5.74, 6) is 0.784. The van der Waals surface area contributed by atoms with Crippen LogP contribution >= 0.6 is 23.2 Å². The fourth-order valence-electron chi connectivity index (χ4n) is 3.65. The standard InChI is InChI=1S/C24H30Cl2N4O3S/c1-29(15-12-18-8-10-19(11-9-18)24-28-14-16-30(24)2)22(31)7-4-13-27-17-34(32,33)21-6-3-5-20(25)23(21)26/h3,5-6,8-11,27H,4,7,12-17H2,1-2H3. The fourth-order valence-corrected chi connectivity index (χ4v) is 5.60. The first-order valence-corrected chi connectivity index (χ1v) is 13.6. The minimum absolute atomic E-state index is 0.00117. The van der Waals surface area contributed by atoms with E-state index in [1.165, 1.54) is 12.1 Å². The van der Waals surface area contributed by atoms with Crippen LogP contribution in [0.2, 0.25) is 10.0 Å². The maximum Gasteiger partial charge on any atom is 0.222 e. The van der Waals surface area contributed by atoms with E-state index in [0.29, 0.717) is 25.9 Å². The van der Waals surface area contributed by atoms with Crippen LogP contribution < -0.4 is 5.32 Å². The van der Waals surface area contributed by atoms with Crippen LogP contribution in [0.5, 0.6) is 0 Å². The van der Waals surface area contributed by atoms with Crippen molar-refractivity contribution in [2.75, 3.05) is 46.2 Å². The van der Waals surface area contributed by atoms with Gasteiger partial charge in [0, 0.05) is 39.2 Å². The number of hydrogen-bond donors (Lipinski definition) is 1. The Kier molecular flexibility index (Phi) is 9.36. The van der Waals surface area contributed by atoms with Crippen molar-refractivity contribution >= 4 is 44.8 Å². The number of nitrogens with zero attached hydrogens (tertiary/aromatic N) is 3. The van der Waals surface area contributed by atoms with E-state index in [1.54, 1.807) is 18.0 Å². The summed E-state index contributed by atoms with van der Waals surface area (Å²) in [6.07, 6.45) is 1.64. The highest BCUT2D eigenvalue weighted by atomic mass is 35.5. The Labute approximate surface area is 211 Å². The van der Waals surface area contributed by atoms with E-state index in [1.807, 2.05) is 7.05 Å². The van der Waals surface area contributed by atoms with Gasteiger partial charge in [-0.25, -0.2) is 8.42 Å². The molecule has 0 atom stereocenters. The van der Waals surface area contributed by atoms with Crippen molar-refractivity contribution < 1.29 is 13.2 Å². The number of carbonyl (C=O) groups is 1. The highest BCUT2D eigenvalue weighted by Crippen LogP contribution is 2.29. The minimum Gasteiger partial charge on any atom is -0.358 e. The van der Waals surface area contributed by atoms with E-state index >= 15 is 0 Å². The van der Waals surface area contributed by atoms with Crippen LogP contribution in [0.4, 0.5) is 0 Å². The van der Waals surface area contributed by atoms with Crippen LogP contribution in [0.1, 0.15) is 24.0 Å². The van der Waals surface area contributed by atoms with E-state index in [2.05, 4.69) is 39.5 Å². The summed E-state index contributed by atoms with van der Waals surface area (Å²) in [7, 11) is 0.221. The summed E-state index contributed by atoms with van der Waals surface area (Å²) < 4.78 is 24.9. The van der Waals surface area contributed by atoms with Gasteiger partial charge in [0.25, 0.3) is 0 Å². The van der Waals surface area contributed by atoms with Crippen molar-refractivity contribution in [1.29, 1.82) is 0 Å². The molecule has 0 saturated carbocycles. The molecule has 1 aliphatic heterocycles. The zero-order valence-electron chi connectivity index (χ0n) is 19.4. The smallest absolute Gasteiger partial charge is 0.222 e. The third-order valence-corrected chi connectivity index (χ3v) is 8.25. The lowest BCUT2D eigenvalue weighted by Crippen LogP contribution is -2.30. The second kappa shape index (κ2) is 12.0. The third-order valence-electron chi connectivity index (χ3n) is 5.72. The predicted molar refractivity (Wildman–Crippen MR) is 138 cm³/mol. The number of aliphatic imine (C=N–C) groups is 1. The van der Waals surface area contributed by atoms with E-state index < -0.39 is 9.84 Å². The number of likely N-dealkylation sites (N-methyl/N-ethyl adjacent to an activating group) is 2. The first kappa shape index (κ1) is 26.5. The zero-order valence-corrected chi connectivity index (χ0v) is 21.8. The highest BCUT2D eigenvalue weighted by molar-refractivity contribution is 7.91. The molecule has 1 aliphatic rings. The molecule has 0 aliphatic carbocycles. The Balaban J connectivity index is 1.37. The molecule has 34 heavy (non-hydrogen) atoms. The van der Waals surface area contributed by atoms with Gasteiger partial charge >= 0.3 is 0 Å².